The predicted molar refractivity (Wildman–Crippen MR) is 63.4 cm³/mol. The highest BCUT2D eigenvalue weighted by molar-refractivity contribution is 7.92. The van der Waals surface area contributed by atoms with Gasteiger partial charge in [-0.05, 0) is 12.8 Å². The summed E-state index contributed by atoms with van der Waals surface area (Å²) in [5, 5.41) is 8.56. The first kappa shape index (κ1) is 15.9. The number of nitrogens with zero attached hydrogens (tertiary/aromatic N) is 1. The van der Waals surface area contributed by atoms with Crippen LogP contribution in [0.5, 0.6) is 0 Å². The number of carbonyl (C=O) groups is 2. The zero-order chi connectivity index (χ0) is 13.6. The highest BCUT2D eigenvalue weighted by atomic mass is 32.2. The van der Waals surface area contributed by atoms with E-state index in [1.807, 2.05) is 0 Å². The van der Waals surface area contributed by atoms with Gasteiger partial charge in [0.05, 0.1) is 5.75 Å². The third-order valence-corrected chi connectivity index (χ3v) is 3.85. The Morgan fingerprint density at radius 1 is 1.29 bits per heavy atom. The van der Waals surface area contributed by atoms with Crippen molar-refractivity contribution in [2.45, 2.75) is 20.8 Å². The Labute approximate surface area is 102 Å². The molecule has 0 rings (SSSR count). The molecule has 0 heterocycles. The number of sulfone groups is 1. The average Bonchev–Trinajstić information content (AvgIpc) is 2.10. The van der Waals surface area contributed by atoms with Gasteiger partial charge in [0.15, 0.2) is 9.84 Å². The van der Waals surface area contributed by atoms with Crippen LogP contribution in [0.4, 0.5) is 0 Å². The van der Waals surface area contributed by atoms with Gasteiger partial charge >= 0.3 is 5.97 Å². The summed E-state index contributed by atoms with van der Waals surface area (Å²) in [5.41, 5.74) is 0. The molecule has 0 atom stereocenters. The monoisotopic (exact) mass is 265 g/mol. The van der Waals surface area contributed by atoms with Crippen LogP contribution >= 0.6 is 0 Å². The van der Waals surface area contributed by atoms with E-state index in [1.54, 1.807) is 20.8 Å². The number of rotatable bonds is 7. The van der Waals surface area contributed by atoms with Gasteiger partial charge in [0, 0.05) is 6.54 Å². The molecule has 6 nitrogen and oxygen atoms in total. The zero-order valence-electron chi connectivity index (χ0n) is 10.3. The summed E-state index contributed by atoms with van der Waals surface area (Å²) in [7, 11) is -3.46. The third kappa shape index (κ3) is 6.93. The van der Waals surface area contributed by atoms with Crippen LogP contribution < -0.4 is 0 Å². The molecule has 0 saturated carbocycles. The first-order chi connectivity index (χ1) is 7.68. The van der Waals surface area contributed by atoms with Crippen molar-refractivity contribution in [2.24, 2.45) is 5.92 Å². The summed E-state index contributed by atoms with van der Waals surface area (Å²) in [6, 6.07) is 0. The lowest BCUT2D eigenvalue weighted by Gasteiger charge is -2.18. The van der Waals surface area contributed by atoms with Crippen LogP contribution in [-0.4, -0.2) is 54.9 Å². The maximum atomic E-state index is 11.6. The molecule has 100 valence electrons. The molecule has 0 aromatic carbocycles. The van der Waals surface area contributed by atoms with E-state index in [1.165, 1.54) is 0 Å². The number of carboxylic acids is 1. The van der Waals surface area contributed by atoms with Crippen LogP contribution in [0.25, 0.3) is 0 Å². The van der Waals surface area contributed by atoms with Crippen molar-refractivity contribution in [2.75, 3.05) is 24.6 Å². The van der Waals surface area contributed by atoms with Gasteiger partial charge in [-0.1, -0.05) is 13.8 Å². The second-order valence-corrected chi connectivity index (χ2v) is 6.36. The van der Waals surface area contributed by atoms with Gasteiger partial charge < -0.3 is 10.0 Å². The minimum absolute atomic E-state index is 0.0534. The summed E-state index contributed by atoms with van der Waals surface area (Å²) in [5.74, 6) is -2.55. The van der Waals surface area contributed by atoms with E-state index in [2.05, 4.69) is 0 Å². The summed E-state index contributed by atoms with van der Waals surface area (Å²) in [6.07, 6.45) is 0. The first-order valence-electron chi connectivity index (χ1n) is 5.38. The molecule has 0 radical (unpaired) electrons. The number of carboxylic acid groups (broad SMARTS) is 1. The van der Waals surface area contributed by atoms with E-state index in [9.17, 15) is 18.0 Å². The summed E-state index contributed by atoms with van der Waals surface area (Å²) < 4.78 is 23.1. The number of amides is 1. The van der Waals surface area contributed by atoms with Gasteiger partial charge in [0.25, 0.3) is 0 Å². The molecule has 0 aromatic heterocycles. The van der Waals surface area contributed by atoms with Gasteiger partial charge in [-0.25, -0.2) is 8.42 Å². The second kappa shape index (κ2) is 6.58. The van der Waals surface area contributed by atoms with Gasteiger partial charge in [-0.2, -0.15) is 0 Å². The molecule has 0 aliphatic carbocycles. The fourth-order valence-electron chi connectivity index (χ4n) is 1.39. The Balaban J connectivity index is 4.56. The highest BCUT2D eigenvalue weighted by Gasteiger charge is 2.23. The minimum Gasteiger partial charge on any atom is -0.480 e. The fraction of sp³-hybridized carbons (Fsp3) is 0.800. The SMILES string of the molecule is CCN(CC(=O)O)C(=O)CS(=O)(=O)CC(C)C. The standard InChI is InChI=1S/C10H19NO5S/c1-4-11(5-10(13)14)9(12)7-17(15,16)6-8(2)3/h8H,4-7H2,1-3H3,(H,13,14). The van der Waals surface area contributed by atoms with Crippen molar-refractivity contribution in [3.63, 3.8) is 0 Å². The second-order valence-electron chi connectivity index (χ2n) is 4.25. The fourth-order valence-corrected chi connectivity index (χ4v) is 3.08. The van der Waals surface area contributed by atoms with Crippen molar-refractivity contribution in [1.29, 1.82) is 0 Å². The molecule has 0 aromatic rings. The van der Waals surface area contributed by atoms with Crippen LogP contribution in [0.2, 0.25) is 0 Å². The first-order valence-corrected chi connectivity index (χ1v) is 7.20. The summed E-state index contributed by atoms with van der Waals surface area (Å²) in [6.45, 7) is 4.82. The Kier molecular flexibility index (Phi) is 6.15. The van der Waals surface area contributed by atoms with Crippen LogP contribution in [-0.2, 0) is 19.4 Å². The molecule has 0 bridgehead atoms. The van der Waals surface area contributed by atoms with Crippen LogP contribution in [0, 0.1) is 5.92 Å². The van der Waals surface area contributed by atoms with Gasteiger partial charge in [-0.3, -0.25) is 9.59 Å². The van der Waals surface area contributed by atoms with Crippen molar-refractivity contribution >= 4 is 21.7 Å². The smallest absolute Gasteiger partial charge is 0.323 e. The predicted octanol–water partition coefficient (Wildman–Crippen LogP) is -0.00970. The Hall–Kier alpha value is -1.11. The molecule has 17 heavy (non-hydrogen) atoms. The Morgan fingerprint density at radius 2 is 1.82 bits per heavy atom. The molecular formula is C10H19NO5S. The number of carbonyl (C=O) groups excluding carboxylic acids is 1. The molecule has 0 spiro atoms. The molecule has 1 N–H and O–H groups in total. The van der Waals surface area contributed by atoms with Crippen molar-refractivity contribution in [3.05, 3.63) is 0 Å². The number of aliphatic carboxylic acids is 1. The lowest BCUT2D eigenvalue weighted by Crippen LogP contribution is -2.39. The maximum Gasteiger partial charge on any atom is 0.323 e. The maximum absolute atomic E-state index is 11.6. The Bertz CT molecular complexity index is 374. The van der Waals surface area contributed by atoms with E-state index in [4.69, 9.17) is 5.11 Å². The van der Waals surface area contributed by atoms with Crippen LogP contribution in [0.15, 0.2) is 0 Å². The topological polar surface area (TPSA) is 91.8 Å². The number of hydrogen-bond donors (Lipinski definition) is 1. The number of likely N-dealkylation sites (N-methyl/N-ethyl adjacent to an activating group) is 1. The number of hydrogen-bond acceptors (Lipinski definition) is 4. The van der Waals surface area contributed by atoms with Crippen molar-refractivity contribution in [1.82, 2.24) is 4.90 Å². The van der Waals surface area contributed by atoms with Crippen LogP contribution in [0.3, 0.4) is 0 Å². The van der Waals surface area contributed by atoms with E-state index in [0.29, 0.717) is 0 Å². The summed E-state index contributed by atoms with van der Waals surface area (Å²) in [4.78, 5) is 23.1. The van der Waals surface area contributed by atoms with Crippen LogP contribution in [0.1, 0.15) is 20.8 Å². The largest absolute Gasteiger partial charge is 0.480 e. The third-order valence-electron chi connectivity index (χ3n) is 1.99. The average molecular weight is 265 g/mol. The molecule has 0 saturated heterocycles. The van der Waals surface area contributed by atoms with E-state index in [0.717, 1.165) is 4.90 Å². The molecular weight excluding hydrogens is 246 g/mol. The minimum atomic E-state index is -3.46. The van der Waals surface area contributed by atoms with E-state index < -0.39 is 34.0 Å². The highest BCUT2D eigenvalue weighted by Crippen LogP contribution is 2.02. The molecule has 0 unspecified atom stereocenters. The van der Waals surface area contributed by atoms with Gasteiger partial charge in [0.1, 0.15) is 12.3 Å². The van der Waals surface area contributed by atoms with Gasteiger partial charge in [-0.15, -0.1) is 0 Å². The Morgan fingerprint density at radius 3 is 2.18 bits per heavy atom. The van der Waals surface area contributed by atoms with E-state index in [-0.39, 0.29) is 18.2 Å². The molecule has 7 heteroatoms. The molecule has 0 fully saturated rings. The van der Waals surface area contributed by atoms with Crippen molar-refractivity contribution < 1.29 is 23.1 Å². The normalized spacial score (nSPS) is 11.5. The molecule has 0 aliphatic rings. The summed E-state index contributed by atoms with van der Waals surface area (Å²) >= 11 is 0. The van der Waals surface area contributed by atoms with Crippen molar-refractivity contribution in [3.8, 4) is 0 Å². The lowest BCUT2D eigenvalue weighted by atomic mass is 10.3. The molecule has 0 aliphatic heterocycles. The van der Waals surface area contributed by atoms with E-state index >= 15 is 0 Å². The lowest BCUT2D eigenvalue weighted by molar-refractivity contribution is -0.143. The molecule has 1 amide bonds. The quantitative estimate of drug-likeness (QED) is 0.699. The van der Waals surface area contributed by atoms with Gasteiger partial charge in [0.2, 0.25) is 5.91 Å². The zero-order valence-corrected chi connectivity index (χ0v) is 11.2.